The van der Waals surface area contributed by atoms with Gasteiger partial charge in [-0.3, -0.25) is 0 Å². The van der Waals surface area contributed by atoms with Gasteiger partial charge in [-0.05, 0) is 5.56 Å². The van der Waals surface area contributed by atoms with Crippen molar-refractivity contribution in [3.63, 3.8) is 0 Å². The van der Waals surface area contributed by atoms with Gasteiger partial charge in [0, 0.05) is 5.92 Å². The lowest BCUT2D eigenvalue weighted by Crippen LogP contribution is -2.36. The third kappa shape index (κ3) is 2.68. The Kier molecular flexibility index (Phi) is 4.30. The van der Waals surface area contributed by atoms with E-state index in [1.54, 1.807) is 0 Å². The lowest BCUT2D eigenvalue weighted by molar-refractivity contribution is -0.100. The molecule has 92 valence electrons. The van der Waals surface area contributed by atoms with Crippen molar-refractivity contribution in [2.75, 3.05) is 19.8 Å². The minimum Gasteiger partial charge on any atom is -0.376 e. The molecular formula is C14H14N2O2. The number of nitrogens with zero attached hydrogens (tertiary/aromatic N) is 2. The first-order chi connectivity index (χ1) is 8.86. The zero-order valence-electron chi connectivity index (χ0n) is 9.95. The second-order valence-corrected chi connectivity index (χ2v) is 4.16. The van der Waals surface area contributed by atoms with E-state index in [0.717, 1.165) is 5.56 Å². The first-order valence-corrected chi connectivity index (χ1v) is 5.90. The molecule has 0 unspecified atom stereocenters. The number of benzene rings is 1. The SMILES string of the molecule is N#CC(C#N)[C@H](c1ccccc1)[C@H]1COCCO1. The molecule has 0 radical (unpaired) electrons. The average molecular weight is 242 g/mol. The molecule has 0 aliphatic carbocycles. The molecule has 18 heavy (non-hydrogen) atoms. The fraction of sp³-hybridized carbons (Fsp3) is 0.429. The largest absolute Gasteiger partial charge is 0.376 e. The highest BCUT2D eigenvalue weighted by molar-refractivity contribution is 5.26. The van der Waals surface area contributed by atoms with E-state index >= 15 is 0 Å². The smallest absolute Gasteiger partial charge is 0.142 e. The number of nitriles is 2. The molecule has 1 saturated heterocycles. The lowest BCUT2D eigenvalue weighted by atomic mass is 9.83. The van der Waals surface area contributed by atoms with Crippen molar-refractivity contribution in [3.8, 4) is 12.1 Å². The quantitative estimate of drug-likeness (QED) is 0.811. The molecule has 0 amide bonds. The number of hydrogen-bond acceptors (Lipinski definition) is 4. The van der Waals surface area contributed by atoms with Crippen LogP contribution in [0.2, 0.25) is 0 Å². The van der Waals surface area contributed by atoms with E-state index in [9.17, 15) is 0 Å². The van der Waals surface area contributed by atoms with E-state index in [0.29, 0.717) is 19.8 Å². The summed E-state index contributed by atoms with van der Waals surface area (Å²) in [6.07, 6.45) is -0.231. The van der Waals surface area contributed by atoms with Crippen molar-refractivity contribution in [2.24, 2.45) is 5.92 Å². The first-order valence-electron chi connectivity index (χ1n) is 5.90. The summed E-state index contributed by atoms with van der Waals surface area (Å²) < 4.78 is 11.0. The molecule has 0 spiro atoms. The van der Waals surface area contributed by atoms with Crippen LogP contribution in [0.5, 0.6) is 0 Å². The van der Waals surface area contributed by atoms with Crippen LogP contribution < -0.4 is 0 Å². The Labute approximate surface area is 106 Å². The maximum absolute atomic E-state index is 9.12. The molecule has 1 heterocycles. The number of rotatable bonds is 3. The van der Waals surface area contributed by atoms with Gasteiger partial charge in [-0.25, -0.2) is 0 Å². The average Bonchev–Trinajstić information content (AvgIpc) is 2.46. The summed E-state index contributed by atoms with van der Waals surface area (Å²) in [7, 11) is 0. The van der Waals surface area contributed by atoms with Crippen LogP contribution >= 0.6 is 0 Å². The molecule has 4 heteroatoms. The van der Waals surface area contributed by atoms with E-state index < -0.39 is 5.92 Å². The Morgan fingerprint density at radius 1 is 1.11 bits per heavy atom. The number of ether oxygens (including phenoxy) is 2. The molecule has 4 nitrogen and oxygen atoms in total. The molecule has 1 aliphatic rings. The molecule has 1 aromatic rings. The highest BCUT2D eigenvalue weighted by atomic mass is 16.6. The Bertz CT molecular complexity index is 441. The van der Waals surface area contributed by atoms with Gasteiger partial charge in [0.25, 0.3) is 0 Å². The summed E-state index contributed by atoms with van der Waals surface area (Å²) in [5.41, 5.74) is 0.945. The molecule has 1 aromatic carbocycles. The fourth-order valence-electron chi connectivity index (χ4n) is 2.20. The van der Waals surface area contributed by atoms with Gasteiger partial charge in [0.2, 0.25) is 0 Å². The predicted octanol–water partition coefficient (Wildman–Crippen LogP) is 1.85. The summed E-state index contributed by atoms with van der Waals surface area (Å²) >= 11 is 0. The molecule has 2 atom stereocenters. The van der Waals surface area contributed by atoms with Crippen molar-refractivity contribution in [3.05, 3.63) is 35.9 Å². The van der Waals surface area contributed by atoms with Crippen LogP contribution in [0.15, 0.2) is 30.3 Å². The minimum absolute atomic E-state index is 0.231. The van der Waals surface area contributed by atoms with Gasteiger partial charge < -0.3 is 9.47 Å². The topological polar surface area (TPSA) is 66.0 Å². The summed E-state index contributed by atoms with van der Waals surface area (Å²) in [6, 6.07) is 13.7. The molecule has 0 saturated carbocycles. The molecule has 0 aromatic heterocycles. The normalized spacial score (nSPS) is 20.9. The molecular weight excluding hydrogens is 228 g/mol. The maximum atomic E-state index is 9.12. The second kappa shape index (κ2) is 6.16. The predicted molar refractivity (Wildman–Crippen MR) is 64.5 cm³/mol. The van der Waals surface area contributed by atoms with Crippen LogP contribution in [0.4, 0.5) is 0 Å². The molecule has 0 bridgehead atoms. The molecule has 2 rings (SSSR count). The van der Waals surface area contributed by atoms with Gasteiger partial charge in [-0.2, -0.15) is 10.5 Å². The van der Waals surface area contributed by atoms with Crippen molar-refractivity contribution < 1.29 is 9.47 Å². The Morgan fingerprint density at radius 3 is 2.39 bits per heavy atom. The van der Waals surface area contributed by atoms with Crippen molar-refractivity contribution >= 4 is 0 Å². The first kappa shape index (κ1) is 12.6. The van der Waals surface area contributed by atoms with Gasteiger partial charge in [-0.1, -0.05) is 30.3 Å². The van der Waals surface area contributed by atoms with Gasteiger partial charge in [0.05, 0.1) is 38.1 Å². The standard InChI is InChI=1S/C14H14N2O2/c15-8-12(9-16)14(11-4-2-1-3-5-11)13-10-17-6-7-18-13/h1-5,12-14H,6-7,10H2/t13-,14+/m1/s1. The third-order valence-corrected chi connectivity index (χ3v) is 3.06. The van der Waals surface area contributed by atoms with E-state index in [-0.39, 0.29) is 12.0 Å². The van der Waals surface area contributed by atoms with Gasteiger partial charge in [0.15, 0.2) is 0 Å². The van der Waals surface area contributed by atoms with E-state index in [4.69, 9.17) is 20.0 Å². The molecule has 1 aliphatic heterocycles. The van der Waals surface area contributed by atoms with Gasteiger partial charge >= 0.3 is 0 Å². The van der Waals surface area contributed by atoms with Crippen LogP contribution in [0.1, 0.15) is 11.5 Å². The van der Waals surface area contributed by atoms with E-state index in [1.165, 1.54) is 0 Å². The summed E-state index contributed by atoms with van der Waals surface area (Å²) in [6.45, 7) is 1.51. The van der Waals surface area contributed by atoms with Crippen molar-refractivity contribution in [1.82, 2.24) is 0 Å². The maximum Gasteiger partial charge on any atom is 0.142 e. The van der Waals surface area contributed by atoms with Crippen LogP contribution in [-0.4, -0.2) is 25.9 Å². The van der Waals surface area contributed by atoms with Crippen molar-refractivity contribution in [2.45, 2.75) is 12.0 Å². The Hall–Kier alpha value is -1.88. The van der Waals surface area contributed by atoms with Crippen LogP contribution in [0, 0.1) is 28.6 Å². The van der Waals surface area contributed by atoms with Crippen LogP contribution in [0.25, 0.3) is 0 Å². The fourth-order valence-corrected chi connectivity index (χ4v) is 2.20. The van der Waals surface area contributed by atoms with E-state index in [1.807, 2.05) is 30.3 Å². The highest BCUT2D eigenvalue weighted by Crippen LogP contribution is 2.30. The second-order valence-electron chi connectivity index (χ2n) is 4.16. The highest BCUT2D eigenvalue weighted by Gasteiger charge is 2.33. The lowest BCUT2D eigenvalue weighted by Gasteiger charge is -2.31. The Balaban J connectivity index is 2.29. The van der Waals surface area contributed by atoms with E-state index in [2.05, 4.69) is 12.1 Å². The molecule has 0 N–H and O–H groups in total. The summed E-state index contributed by atoms with van der Waals surface area (Å²) in [5.74, 6) is -0.986. The third-order valence-electron chi connectivity index (χ3n) is 3.06. The zero-order chi connectivity index (χ0) is 12.8. The number of hydrogen-bond donors (Lipinski definition) is 0. The monoisotopic (exact) mass is 242 g/mol. The van der Waals surface area contributed by atoms with Crippen molar-refractivity contribution in [1.29, 1.82) is 10.5 Å². The van der Waals surface area contributed by atoms with Gasteiger partial charge in [0.1, 0.15) is 5.92 Å². The van der Waals surface area contributed by atoms with Crippen LogP contribution in [-0.2, 0) is 9.47 Å². The summed E-state index contributed by atoms with van der Waals surface area (Å²) in [5, 5.41) is 18.2. The minimum atomic E-state index is -0.723. The van der Waals surface area contributed by atoms with Gasteiger partial charge in [-0.15, -0.1) is 0 Å². The molecule has 1 fully saturated rings. The Morgan fingerprint density at radius 2 is 1.83 bits per heavy atom. The zero-order valence-corrected chi connectivity index (χ0v) is 9.95. The van der Waals surface area contributed by atoms with Crippen LogP contribution in [0.3, 0.4) is 0 Å². The summed E-state index contributed by atoms with van der Waals surface area (Å²) in [4.78, 5) is 0.